The zero-order valence-electron chi connectivity index (χ0n) is 13.0. The molecule has 0 fully saturated rings. The van der Waals surface area contributed by atoms with Crippen LogP contribution in [0, 0.1) is 5.41 Å². The zero-order chi connectivity index (χ0) is 15.6. The summed E-state index contributed by atoms with van der Waals surface area (Å²) in [6, 6.07) is 7.47. The van der Waals surface area contributed by atoms with Crippen LogP contribution in [-0.2, 0) is 10.2 Å². The van der Waals surface area contributed by atoms with Gasteiger partial charge in [-0.05, 0) is 43.5 Å². The topological polar surface area (TPSA) is 46.3 Å². The molecule has 20 heavy (non-hydrogen) atoms. The molecule has 112 valence electrons. The maximum atomic E-state index is 12.7. The van der Waals surface area contributed by atoms with Crippen molar-refractivity contribution in [3.05, 3.63) is 34.9 Å². The lowest BCUT2D eigenvalue weighted by Crippen LogP contribution is -2.46. The maximum Gasteiger partial charge on any atom is 0.232 e. The highest BCUT2D eigenvalue weighted by atomic mass is 35.5. The summed E-state index contributed by atoms with van der Waals surface area (Å²) in [6.07, 6.45) is 0. The first-order valence-corrected chi connectivity index (χ1v) is 7.19. The molecular formula is C16H25ClN2O. The molecule has 3 nitrogen and oxygen atoms in total. The van der Waals surface area contributed by atoms with E-state index in [1.807, 2.05) is 45.2 Å². The smallest absolute Gasteiger partial charge is 0.232 e. The number of hydrogen-bond donors (Lipinski definition) is 1. The van der Waals surface area contributed by atoms with Gasteiger partial charge in [-0.2, -0.15) is 0 Å². The van der Waals surface area contributed by atoms with Crippen molar-refractivity contribution in [1.29, 1.82) is 0 Å². The lowest BCUT2D eigenvalue weighted by Gasteiger charge is -2.34. The predicted molar refractivity (Wildman–Crippen MR) is 85.0 cm³/mol. The number of likely N-dealkylation sites (N-methyl/N-ethyl adjacent to an activating group) is 1. The Labute approximate surface area is 127 Å². The van der Waals surface area contributed by atoms with Crippen LogP contribution in [0.4, 0.5) is 0 Å². The van der Waals surface area contributed by atoms with Crippen LogP contribution < -0.4 is 5.73 Å². The molecule has 1 rings (SSSR count). The van der Waals surface area contributed by atoms with E-state index in [9.17, 15) is 4.79 Å². The fraction of sp³-hybridized carbons (Fsp3) is 0.562. The van der Waals surface area contributed by atoms with Gasteiger partial charge in [0.2, 0.25) is 5.91 Å². The van der Waals surface area contributed by atoms with E-state index in [0.29, 0.717) is 18.1 Å². The number of carbonyl (C=O) groups is 1. The molecule has 0 aliphatic rings. The molecule has 0 heterocycles. The summed E-state index contributed by atoms with van der Waals surface area (Å²) in [7, 11) is 1.83. The van der Waals surface area contributed by atoms with Gasteiger partial charge in [-0.15, -0.1) is 0 Å². The van der Waals surface area contributed by atoms with E-state index in [2.05, 4.69) is 13.8 Å². The molecule has 1 amide bonds. The largest absolute Gasteiger partial charge is 0.344 e. The van der Waals surface area contributed by atoms with Gasteiger partial charge in [0.25, 0.3) is 0 Å². The first kappa shape index (κ1) is 17.0. The van der Waals surface area contributed by atoms with Crippen molar-refractivity contribution in [3.63, 3.8) is 0 Å². The fourth-order valence-electron chi connectivity index (χ4n) is 2.26. The Morgan fingerprint density at radius 3 is 2.40 bits per heavy atom. The highest BCUT2D eigenvalue weighted by molar-refractivity contribution is 6.30. The Hall–Kier alpha value is -1.06. The highest BCUT2D eigenvalue weighted by Gasteiger charge is 2.34. The summed E-state index contributed by atoms with van der Waals surface area (Å²) in [5.41, 5.74) is 5.97. The minimum absolute atomic E-state index is 0.0706. The molecule has 4 heteroatoms. The van der Waals surface area contributed by atoms with Gasteiger partial charge in [0.1, 0.15) is 0 Å². The van der Waals surface area contributed by atoms with Crippen LogP contribution in [-0.4, -0.2) is 30.9 Å². The monoisotopic (exact) mass is 296 g/mol. The summed E-state index contributed by atoms with van der Waals surface area (Å²) >= 11 is 6.02. The fourth-order valence-corrected chi connectivity index (χ4v) is 2.45. The van der Waals surface area contributed by atoms with Gasteiger partial charge >= 0.3 is 0 Å². The van der Waals surface area contributed by atoms with Crippen molar-refractivity contribution in [3.8, 4) is 0 Å². The minimum Gasteiger partial charge on any atom is -0.344 e. The molecule has 0 atom stereocenters. The van der Waals surface area contributed by atoms with Gasteiger partial charge in [-0.25, -0.2) is 0 Å². The van der Waals surface area contributed by atoms with E-state index >= 15 is 0 Å². The molecule has 0 aromatic heterocycles. The van der Waals surface area contributed by atoms with E-state index in [-0.39, 0.29) is 11.3 Å². The number of nitrogens with zero attached hydrogens (tertiary/aromatic N) is 1. The van der Waals surface area contributed by atoms with E-state index in [1.165, 1.54) is 0 Å². The number of nitrogens with two attached hydrogens (primary N) is 1. The van der Waals surface area contributed by atoms with Gasteiger partial charge in [-0.3, -0.25) is 4.79 Å². The Morgan fingerprint density at radius 1 is 1.30 bits per heavy atom. The van der Waals surface area contributed by atoms with Crippen LogP contribution in [0.25, 0.3) is 0 Å². The number of rotatable bonds is 5. The van der Waals surface area contributed by atoms with E-state index in [4.69, 9.17) is 17.3 Å². The first-order valence-electron chi connectivity index (χ1n) is 6.82. The average Bonchev–Trinajstić information content (AvgIpc) is 2.37. The van der Waals surface area contributed by atoms with Gasteiger partial charge < -0.3 is 10.6 Å². The Bertz CT molecular complexity index is 483. The number of amides is 1. The second kappa shape index (κ2) is 6.15. The third-order valence-corrected chi connectivity index (χ3v) is 3.88. The van der Waals surface area contributed by atoms with Crippen LogP contribution >= 0.6 is 11.6 Å². The number of benzene rings is 1. The van der Waals surface area contributed by atoms with Crippen molar-refractivity contribution < 1.29 is 4.79 Å². The molecule has 1 aromatic carbocycles. The maximum absolute atomic E-state index is 12.7. The lowest BCUT2D eigenvalue weighted by atomic mass is 9.82. The molecule has 0 spiro atoms. The third kappa shape index (κ3) is 3.97. The van der Waals surface area contributed by atoms with E-state index < -0.39 is 5.41 Å². The number of hydrogen-bond acceptors (Lipinski definition) is 2. The van der Waals surface area contributed by atoms with Gasteiger partial charge in [0.05, 0.1) is 5.41 Å². The third-order valence-electron chi connectivity index (χ3n) is 3.65. The Balaban J connectivity index is 2.94. The van der Waals surface area contributed by atoms with Crippen molar-refractivity contribution in [2.24, 2.45) is 11.1 Å². The zero-order valence-corrected chi connectivity index (χ0v) is 13.8. The summed E-state index contributed by atoms with van der Waals surface area (Å²) in [5, 5.41) is 0.647. The van der Waals surface area contributed by atoms with Crippen molar-refractivity contribution in [2.45, 2.75) is 33.1 Å². The van der Waals surface area contributed by atoms with Gasteiger partial charge in [0, 0.05) is 18.6 Å². The second-order valence-electron chi connectivity index (χ2n) is 6.66. The Kier molecular flexibility index (Phi) is 5.22. The quantitative estimate of drug-likeness (QED) is 0.908. The summed E-state index contributed by atoms with van der Waals surface area (Å²) in [6.45, 7) is 9.14. The van der Waals surface area contributed by atoms with Crippen molar-refractivity contribution in [2.75, 3.05) is 20.1 Å². The van der Waals surface area contributed by atoms with Gasteiger partial charge in [0.15, 0.2) is 0 Å². The van der Waals surface area contributed by atoms with Crippen molar-refractivity contribution >= 4 is 17.5 Å². The first-order chi connectivity index (χ1) is 9.10. The van der Waals surface area contributed by atoms with Crippen LogP contribution in [0.1, 0.15) is 33.3 Å². The lowest BCUT2D eigenvalue weighted by molar-refractivity contribution is -0.136. The molecule has 1 aromatic rings. The molecule has 0 saturated heterocycles. The van der Waals surface area contributed by atoms with Crippen molar-refractivity contribution in [1.82, 2.24) is 4.90 Å². The normalized spacial score (nSPS) is 12.3. The molecule has 0 radical (unpaired) electrons. The summed E-state index contributed by atoms with van der Waals surface area (Å²) in [5.74, 6) is 0.0706. The molecule has 0 saturated carbocycles. The molecule has 0 aliphatic heterocycles. The number of carbonyl (C=O) groups excluding carboxylic acids is 1. The second-order valence-corrected chi connectivity index (χ2v) is 7.10. The van der Waals surface area contributed by atoms with Crippen LogP contribution in [0.15, 0.2) is 24.3 Å². The van der Waals surface area contributed by atoms with Crippen LogP contribution in [0.3, 0.4) is 0 Å². The van der Waals surface area contributed by atoms with E-state index in [0.717, 1.165) is 5.56 Å². The molecule has 0 unspecified atom stereocenters. The minimum atomic E-state index is -0.607. The average molecular weight is 297 g/mol. The molecule has 2 N–H and O–H groups in total. The van der Waals surface area contributed by atoms with E-state index in [1.54, 1.807) is 4.90 Å². The Morgan fingerprint density at radius 2 is 1.90 bits per heavy atom. The van der Waals surface area contributed by atoms with Crippen LogP contribution in [0.2, 0.25) is 5.02 Å². The highest BCUT2D eigenvalue weighted by Crippen LogP contribution is 2.28. The predicted octanol–water partition coefficient (Wildman–Crippen LogP) is 3.06. The van der Waals surface area contributed by atoms with Crippen LogP contribution in [0.5, 0.6) is 0 Å². The number of halogens is 1. The molecular weight excluding hydrogens is 272 g/mol. The molecule has 0 aliphatic carbocycles. The SMILES string of the molecule is CN(CC(C)(C)CN)C(=O)C(C)(C)c1cccc(Cl)c1. The van der Waals surface area contributed by atoms with Gasteiger partial charge in [-0.1, -0.05) is 37.6 Å². The summed E-state index contributed by atoms with van der Waals surface area (Å²) in [4.78, 5) is 14.5. The summed E-state index contributed by atoms with van der Waals surface area (Å²) < 4.78 is 0. The standard InChI is InChI=1S/C16H25ClN2O/c1-15(2,10-18)11-19(5)14(20)16(3,4)12-7-6-8-13(17)9-12/h6-9H,10-11,18H2,1-5H3. The molecule has 0 bridgehead atoms.